The summed E-state index contributed by atoms with van der Waals surface area (Å²) in [5.74, 6) is 2.02. The van der Waals surface area contributed by atoms with Crippen LogP contribution in [0, 0.1) is 5.92 Å². The number of piperazine rings is 1. The summed E-state index contributed by atoms with van der Waals surface area (Å²) in [6.07, 6.45) is 6.01. The zero-order valence-electron chi connectivity index (χ0n) is 14.4. The average Bonchev–Trinajstić information content (AvgIpc) is 3.46. The molecule has 1 unspecified atom stereocenters. The number of nitrogens with two attached hydrogens (primary N) is 1. The lowest BCUT2D eigenvalue weighted by Crippen LogP contribution is -2.52. The van der Waals surface area contributed by atoms with E-state index in [9.17, 15) is 0 Å². The van der Waals surface area contributed by atoms with Crippen LogP contribution in [0.15, 0.2) is 23.5 Å². The zero-order chi connectivity index (χ0) is 16.3. The highest BCUT2D eigenvalue weighted by atomic mass is 127. The Bertz CT molecular complexity index is 545. The Morgan fingerprint density at radius 3 is 2.46 bits per heavy atom. The zero-order valence-corrected chi connectivity index (χ0v) is 16.7. The van der Waals surface area contributed by atoms with Gasteiger partial charge in [-0.25, -0.2) is 9.97 Å². The van der Waals surface area contributed by atoms with Crippen LogP contribution < -0.4 is 10.6 Å². The first-order chi connectivity index (χ1) is 11.1. The fourth-order valence-electron chi connectivity index (χ4n) is 2.98. The summed E-state index contributed by atoms with van der Waals surface area (Å²) in [4.78, 5) is 17.5. The topological polar surface area (TPSA) is 79.9 Å². The van der Waals surface area contributed by atoms with Crippen LogP contribution in [0.1, 0.15) is 19.8 Å². The molecule has 3 rings (SSSR count). The number of hydrogen-bond donors (Lipinski definition) is 1. The van der Waals surface area contributed by atoms with Crippen molar-refractivity contribution >= 4 is 35.9 Å². The second-order valence-electron chi connectivity index (χ2n) is 6.49. The van der Waals surface area contributed by atoms with Gasteiger partial charge in [-0.15, -0.1) is 24.0 Å². The van der Waals surface area contributed by atoms with E-state index in [-0.39, 0.29) is 29.6 Å². The molecule has 2 N–H and O–H groups in total. The number of hydrogen-bond acceptors (Lipinski definition) is 5. The number of guanidine groups is 1. The van der Waals surface area contributed by atoms with Crippen molar-refractivity contribution in [2.45, 2.75) is 25.4 Å². The van der Waals surface area contributed by atoms with Crippen LogP contribution in [-0.2, 0) is 4.74 Å². The fourth-order valence-corrected chi connectivity index (χ4v) is 2.98. The van der Waals surface area contributed by atoms with E-state index < -0.39 is 0 Å². The second kappa shape index (κ2) is 8.28. The maximum atomic E-state index is 6.19. The van der Waals surface area contributed by atoms with E-state index in [1.54, 1.807) is 19.5 Å². The van der Waals surface area contributed by atoms with E-state index in [0.29, 0.717) is 18.4 Å². The monoisotopic (exact) mass is 446 g/mol. The Hall–Kier alpha value is -1.16. The third-order valence-electron chi connectivity index (χ3n) is 4.90. The normalized spacial score (nSPS) is 21.2. The van der Waals surface area contributed by atoms with Crippen LogP contribution in [-0.4, -0.2) is 66.3 Å². The number of rotatable bonds is 5. The summed E-state index contributed by atoms with van der Waals surface area (Å²) < 4.78 is 5.67. The van der Waals surface area contributed by atoms with Crippen LogP contribution in [0.25, 0.3) is 0 Å². The van der Waals surface area contributed by atoms with Crippen molar-refractivity contribution in [3.63, 3.8) is 0 Å². The third-order valence-corrected chi connectivity index (χ3v) is 4.90. The minimum atomic E-state index is -0.176. The molecular weight excluding hydrogens is 419 g/mol. The minimum absolute atomic E-state index is 0. The predicted molar refractivity (Wildman–Crippen MR) is 106 cm³/mol. The Labute approximate surface area is 160 Å². The first-order valence-electron chi connectivity index (χ1n) is 8.24. The summed E-state index contributed by atoms with van der Waals surface area (Å²) in [5.41, 5.74) is 6.01. The van der Waals surface area contributed by atoms with E-state index in [4.69, 9.17) is 10.5 Å². The molecule has 1 saturated carbocycles. The van der Waals surface area contributed by atoms with E-state index in [1.807, 2.05) is 6.07 Å². The van der Waals surface area contributed by atoms with Gasteiger partial charge in [0.25, 0.3) is 0 Å². The minimum Gasteiger partial charge on any atom is -0.376 e. The van der Waals surface area contributed by atoms with Crippen molar-refractivity contribution in [3.05, 3.63) is 18.5 Å². The average molecular weight is 446 g/mol. The number of halogens is 1. The third kappa shape index (κ3) is 4.47. The maximum Gasteiger partial charge on any atom is 0.225 e. The van der Waals surface area contributed by atoms with Gasteiger partial charge >= 0.3 is 0 Å². The Morgan fingerprint density at radius 2 is 1.92 bits per heavy atom. The van der Waals surface area contributed by atoms with Crippen molar-refractivity contribution in [1.82, 2.24) is 14.9 Å². The fraction of sp³-hybridized carbons (Fsp3) is 0.688. The quantitative estimate of drug-likeness (QED) is 0.418. The molecule has 0 spiro atoms. The first kappa shape index (κ1) is 19.2. The molecule has 0 radical (unpaired) electrons. The van der Waals surface area contributed by atoms with Gasteiger partial charge in [0.15, 0.2) is 5.96 Å². The van der Waals surface area contributed by atoms with E-state index in [0.717, 1.165) is 32.1 Å². The molecule has 8 heteroatoms. The second-order valence-corrected chi connectivity index (χ2v) is 6.49. The molecule has 134 valence electrons. The summed E-state index contributed by atoms with van der Waals surface area (Å²) in [6, 6.07) is 1.83. The van der Waals surface area contributed by atoms with Crippen molar-refractivity contribution in [2.24, 2.45) is 16.6 Å². The molecule has 7 nitrogen and oxygen atoms in total. The maximum absolute atomic E-state index is 6.19. The van der Waals surface area contributed by atoms with Gasteiger partial charge in [0, 0.05) is 45.7 Å². The van der Waals surface area contributed by atoms with Crippen LogP contribution in [0.3, 0.4) is 0 Å². The van der Waals surface area contributed by atoms with Crippen LogP contribution in [0.5, 0.6) is 0 Å². The van der Waals surface area contributed by atoms with Gasteiger partial charge in [0.05, 0.1) is 12.1 Å². The lowest BCUT2D eigenvalue weighted by molar-refractivity contribution is -0.00488. The van der Waals surface area contributed by atoms with Gasteiger partial charge < -0.3 is 20.3 Å². The lowest BCUT2D eigenvalue weighted by atomic mass is 10.0. The predicted octanol–water partition coefficient (Wildman–Crippen LogP) is 1.35. The smallest absolute Gasteiger partial charge is 0.225 e. The van der Waals surface area contributed by atoms with Gasteiger partial charge in [0.2, 0.25) is 5.95 Å². The molecule has 1 saturated heterocycles. The number of ether oxygens (including phenoxy) is 1. The molecule has 1 aromatic rings. The summed E-state index contributed by atoms with van der Waals surface area (Å²) in [5, 5.41) is 0. The van der Waals surface area contributed by atoms with Gasteiger partial charge in [-0.05, 0) is 31.7 Å². The van der Waals surface area contributed by atoms with Gasteiger partial charge in [-0.1, -0.05) is 0 Å². The van der Waals surface area contributed by atoms with Gasteiger partial charge in [-0.3, -0.25) is 4.99 Å². The molecule has 0 amide bonds. The number of aliphatic imine (C=N–C) groups is 1. The molecule has 0 aromatic carbocycles. The number of aromatic nitrogens is 2. The molecule has 2 fully saturated rings. The highest BCUT2D eigenvalue weighted by Gasteiger charge is 2.41. The highest BCUT2D eigenvalue weighted by Crippen LogP contribution is 2.41. The highest BCUT2D eigenvalue weighted by molar-refractivity contribution is 14.0. The number of anilines is 1. The van der Waals surface area contributed by atoms with Crippen LogP contribution in [0.4, 0.5) is 5.95 Å². The largest absolute Gasteiger partial charge is 0.376 e. The molecule has 2 heterocycles. The van der Waals surface area contributed by atoms with E-state index in [2.05, 4.69) is 31.7 Å². The molecular formula is C16H27IN6O. The Balaban J connectivity index is 0.00000208. The summed E-state index contributed by atoms with van der Waals surface area (Å²) in [6.45, 7) is 6.13. The molecule has 0 bridgehead atoms. The first-order valence-corrected chi connectivity index (χ1v) is 8.24. The van der Waals surface area contributed by atoms with Crippen molar-refractivity contribution < 1.29 is 4.74 Å². The molecule has 1 aliphatic carbocycles. The molecule has 1 aromatic heterocycles. The van der Waals surface area contributed by atoms with Crippen LogP contribution >= 0.6 is 24.0 Å². The van der Waals surface area contributed by atoms with Crippen LogP contribution in [0.2, 0.25) is 0 Å². The van der Waals surface area contributed by atoms with Crippen molar-refractivity contribution in [3.8, 4) is 0 Å². The van der Waals surface area contributed by atoms with Crippen molar-refractivity contribution in [1.29, 1.82) is 0 Å². The Kier molecular flexibility index (Phi) is 6.62. The molecule has 1 aliphatic heterocycles. The number of nitrogens with zero attached hydrogens (tertiary/aromatic N) is 5. The molecule has 24 heavy (non-hydrogen) atoms. The van der Waals surface area contributed by atoms with Gasteiger partial charge in [-0.2, -0.15) is 0 Å². The standard InChI is InChI=1S/C16H26N6O.HI/c1-16(23-2,13-4-5-13)12-20-14(17)21-8-10-22(11-9-21)15-18-6-3-7-19-15;/h3,6-7,13H,4-5,8-12H2,1-2H3,(H2,17,20);1H. The Morgan fingerprint density at radius 1 is 1.29 bits per heavy atom. The van der Waals surface area contributed by atoms with E-state index >= 15 is 0 Å². The molecule has 1 atom stereocenters. The summed E-state index contributed by atoms with van der Waals surface area (Å²) >= 11 is 0. The lowest BCUT2D eigenvalue weighted by Gasteiger charge is -2.35. The van der Waals surface area contributed by atoms with Gasteiger partial charge in [0.1, 0.15) is 0 Å². The van der Waals surface area contributed by atoms with Crippen molar-refractivity contribution in [2.75, 3.05) is 44.7 Å². The number of methoxy groups -OCH3 is 1. The van der Waals surface area contributed by atoms with E-state index in [1.165, 1.54) is 12.8 Å². The summed E-state index contributed by atoms with van der Waals surface area (Å²) in [7, 11) is 1.77. The molecule has 2 aliphatic rings. The SMILES string of the molecule is COC(C)(CN=C(N)N1CCN(c2ncccn2)CC1)C1CC1.I.